The van der Waals surface area contributed by atoms with Gasteiger partial charge in [-0.1, -0.05) is 43.0 Å². The number of nitrogens with one attached hydrogen (secondary N) is 2. The van der Waals surface area contributed by atoms with Gasteiger partial charge in [0.15, 0.2) is 11.5 Å². The quantitative estimate of drug-likeness (QED) is 0.175. The Morgan fingerprint density at radius 1 is 1.02 bits per heavy atom. The molecule has 0 heterocycles. The number of amides is 2. The normalized spacial score (nSPS) is 11.3. The van der Waals surface area contributed by atoms with Crippen molar-refractivity contribution in [3.63, 3.8) is 0 Å². The first kappa shape index (κ1) is 30.1. The summed E-state index contributed by atoms with van der Waals surface area (Å²) in [5.41, 5.74) is 4.42. The SMILES string of the molecule is C=CCOc1ccc(/C=N\NC(=O)CN(CCc2ccccc2)S(=O)(=O)c2ccc(NC(C)=O)cc2)cc1OC. The Balaban J connectivity index is 1.73. The van der Waals surface area contributed by atoms with Crippen LogP contribution in [0.2, 0.25) is 0 Å². The van der Waals surface area contributed by atoms with Crippen LogP contribution < -0.4 is 20.2 Å². The maximum absolute atomic E-state index is 13.5. The molecule has 2 amide bonds. The van der Waals surface area contributed by atoms with Gasteiger partial charge < -0.3 is 14.8 Å². The molecule has 11 heteroatoms. The average molecular weight is 565 g/mol. The third kappa shape index (κ3) is 8.79. The van der Waals surface area contributed by atoms with Crippen molar-refractivity contribution in [2.45, 2.75) is 18.2 Å². The number of nitrogens with zero attached hydrogens (tertiary/aromatic N) is 2. The zero-order valence-electron chi connectivity index (χ0n) is 22.4. The Kier molecular flexibility index (Phi) is 11.0. The number of benzene rings is 3. The standard InChI is InChI=1S/C29H32N4O6S/c1-4-18-39-27-15-10-24(19-28(27)38-3)20-30-32-29(35)21-33(17-16-23-8-6-5-7-9-23)40(36,37)26-13-11-25(12-14-26)31-22(2)34/h4-15,19-20H,1,16-18,21H2,2-3H3,(H,31,34)(H,32,35)/b30-20-. The summed E-state index contributed by atoms with van der Waals surface area (Å²) in [5.74, 6) is 0.140. The lowest BCUT2D eigenvalue weighted by Crippen LogP contribution is -2.40. The second-order valence-electron chi connectivity index (χ2n) is 8.58. The van der Waals surface area contributed by atoms with Crippen molar-refractivity contribution < 1.29 is 27.5 Å². The Hall–Kier alpha value is -4.48. The van der Waals surface area contributed by atoms with E-state index in [4.69, 9.17) is 9.47 Å². The van der Waals surface area contributed by atoms with Crippen LogP contribution >= 0.6 is 0 Å². The Morgan fingerprint density at radius 2 is 1.75 bits per heavy atom. The predicted molar refractivity (Wildman–Crippen MR) is 154 cm³/mol. The molecule has 10 nitrogen and oxygen atoms in total. The van der Waals surface area contributed by atoms with Crippen LogP contribution in [-0.2, 0) is 26.0 Å². The zero-order valence-corrected chi connectivity index (χ0v) is 23.2. The van der Waals surface area contributed by atoms with E-state index in [0.29, 0.717) is 35.8 Å². The fourth-order valence-electron chi connectivity index (χ4n) is 3.65. The van der Waals surface area contributed by atoms with Gasteiger partial charge in [-0.3, -0.25) is 9.59 Å². The Labute approximate surface area is 234 Å². The molecule has 0 unspecified atom stereocenters. The van der Waals surface area contributed by atoms with Crippen LogP contribution in [0.3, 0.4) is 0 Å². The molecule has 3 rings (SSSR count). The highest BCUT2D eigenvalue weighted by Crippen LogP contribution is 2.27. The van der Waals surface area contributed by atoms with Crippen LogP contribution in [0.1, 0.15) is 18.1 Å². The van der Waals surface area contributed by atoms with Gasteiger partial charge in [-0.15, -0.1) is 0 Å². The third-order valence-corrected chi connectivity index (χ3v) is 7.43. The maximum atomic E-state index is 13.5. The van der Waals surface area contributed by atoms with Crippen molar-refractivity contribution in [3.8, 4) is 11.5 Å². The molecule has 0 atom stereocenters. The van der Waals surface area contributed by atoms with E-state index in [1.807, 2.05) is 30.3 Å². The Bertz CT molecular complexity index is 1440. The molecule has 40 heavy (non-hydrogen) atoms. The summed E-state index contributed by atoms with van der Waals surface area (Å²) in [6.07, 6.45) is 3.44. The van der Waals surface area contributed by atoms with E-state index in [1.165, 1.54) is 44.5 Å². The van der Waals surface area contributed by atoms with E-state index in [-0.39, 0.29) is 17.3 Å². The summed E-state index contributed by atoms with van der Waals surface area (Å²) >= 11 is 0. The smallest absolute Gasteiger partial charge is 0.255 e. The largest absolute Gasteiger partial charge is 0.493 e. The maximum Gasteiger partial charge on any atom is 0.255 e. The zero-order chi connectivity index (χ0) is 29.0. The molecule has 0 aliphatic rings. The topological polar surface area (TPSA) is 126 Å². The van der Waals surface area contributed by atoms with Crippen LogP contribution in [0, 0.1) is 0 Å². The molecule has 2 N–H and O–H groups in total. The molecule has 3 aromatic carbocycles. The molecule has 3 aromatic rings. The monoisotopic (exact) mass is 564 g/mol. The molecule has 0 aliphatic carbocycles. The van der Waals surface area contributed by atoms with Gasteiger partial charge in [-0.25, -0.2) is 13.8 Å². The van der Waals surface area contributed by atoms with Crippen molar-refractivity contribution >= 4 is 33.7 Å². The van der Waals surface area contributed by atoms with Gasteiger partial charge in [-0.2, -0.15) is 9.41 Å². The lowest BCUT2D eigenvalue weighted by Gasteiger charge is -2.21. The van der Waals surface area contributed by atoms with Crippen LogP contribution in [0.25, 0.3) is 0 Å². The van der Waals surface area contributed by atoms with Crippen molar-refractivity contribution in [1.82, 2.24) is 9.73 Å². The van der Waals surface area contributed by atoms with E-state index >= 15 is 0 Å². The van der Waals surface area contributed by atoms with Gasteiger partial charge in [-0.05, 0) is 60.0 Å². The van der Waals surface area contributed by atoms with E-state index in [2.05, 4.69) is 22.4 Å². The lowest BCUT2D eigenvalue weighted by molar-refractivity contribution is -0.121. The number of anilines is 1. The van der Waals surface area contributed by atoms with E-state index < -0.39 is 22.5 Å². The number of carbonyl (C=O) groups excluding carboxylic acids is 2. The minimum Gasteiger partial charge on any atom is -0.493 e. The van der Waals surface area contributed by atoms with Crippen molar-refractivity contribution in [3.05, 3.63) is 96.6 Å². The Morgan fingerprint density at radius 3 is 2.40 bits per heavy atom. The third-order valence-electron chi connectivity index (χ3n) is 5.57. The summed E-state index contributed by atoms with van der Waals surface area (Å²) in [5, 5.41) is 6.58. The van der Waals surface area contributed by atoms with Crippen LogP contribution in [-0.4, -0.2) is 57.6 Å². The number of hydrogen-bond acceptors (Lipinski definition) is 7. The summed E-state index contributed by atoms with van der Waals surface area (Å²) in [7, 11) is -2.53. The molecule has 210 valence electrons. The first-order chi connectivity index (χ1) is 19.2. The van der Waals surface area contributed by atoms with E-state index in [1.54, 1.807) is 24.3 Å². The first-order valence-corrected chi connectivity index (χ1v) is 13.8. The van der Waals surface area contributed by atoms with Crippen molar-refractivity contribution in [2.24, 2.45) is 5.10 Å². The molecule has 0 saturated heterocycles. The summed E-state index contributed by atoms with van der Waals surface area (Å²) in [6.45, 7) is 4.92. The molecule has 0 aliphatic heterocycles. The fourth-order valence-corrected chi connectivity index (χ4v) is 5.05. The van der Waals surface area contributed by atoms with E-state index in [9.17, 15) is 18.0 Å². The number of carbonyl (C=O) groups is 2. The molecule has 0 fully saturated rings. The molecule has 0 bridgehead atoms. The van der Waals surface area contributed by atoms with E-state index in [0.717, 1.165) is 9.87 Å². The molecular weight excluding hydrogens is 532 g/mol. The molecule has 0 saturated carbocycles. The molecular formula is C29H32N4O6S. The first-order valence-electron chi connectivity index (χ1n) is 12.4. The predicted octanol–water partition coefficient (Wildman–Crippen LogP) is 3.60. The van der Waals surface area contributed by atoms with Crippen LogP contribution in [0.4, 0.5) is 5.69 Å². The highest BCUT2D eigenvalue weighted by Gasteiger charge is 2.26. The van der Waals surface area contributed by atoms with Gasteiger partial charge in [0.25, 0.3) is 5.91 Å². The highest BCUT2D eigenvalue weighted by atomic mass is 32.2. The highest BCUT2D eigenvalue weighted by molar-refractivity contribution is 7.89. The number of hydrazone groups is 1. The van der Waals surface area contributed by atoms with Gasteiger partial charge in [0.1, 0.15) is 6.61 Å². The number of rotatable bonds is 14. The average Bonchev–Trinajstić information content (AvgIpc) is 2.94. The number of methoxy groups -OCH3 is 1. The van der Waals surface area contributed by atoms with Crippen molar-refractivity contribution in [2.75, 3.05) is 32.1 Å². The van der Waals surface area contributed by atoms with Gasteiger partial charge >= 0.3 is 0 Å². The summed E-state index contributed by atoms with van der Waals surface area (Å²) < 4.78 is 38.9. The minimum atomic E-state index is -4.04. The second-order valence-corrected chi connectivity index (χ2v) is 10.5. The molecule has 0 aromatic heterocycles. The van der Waals surface area contributed by atoms with Gasteiger partial charge in [0.2, 0.25) is 15.9 Å². The fraction of sp³-hybridized carbons (Fsp3) is 0.207. The van der Waals surface area contributed by atoms with Crippen LogP contribution in [0.5, 0.6) is 11.5 Å². The van der Waals surface area contributed by atoms with Crippen LogP contribution in [0.15, 0.2) is 95.4 Å². The molecule has 0 radical (unpaired) electrons. The second kappa shape index (κ2) is 14.6. The lowest BCUT2D eigenvalue weighted by atomic mass is 10.1. The minimum absolute atomic E-state index is 0.00294. The molecule has 0 spiro atoms. The van der Waals surface area contributed by atoms with Crippen molar-refractivity contribution in [1.29, 1.82) is 0 Å². The number of hydrogen-bond donors (Lipinski definition) is 2. The number of ether oxygens (including phenoxy) is 2. The van der Waals surface area contributed by atoms with Gasteiger partial charge in [0, 0.05) is 19.2 Å². The number of sulfonamides is 1. The summed E-state index contributed by atoms with van der Waals surface area (Å²) in [4.78, 5) is 24.1. The van der Waals surface area contributed by atoms with Gasteiger partial charge in [0.05, 0.1) is 24.8 Å². The summed E-state index contributed by atoms with van der Waals surface area (Å²) in [6, 6.07) is 20.3.